The molecule has 1 heterocycles. The Balaban J connectivity index is 2.55. The van der Waals surface area contributed by atoms with E-state index in [1.807, 2.05) is 0 Å². The molecule has 0 amide bonds. The van der Waals surface area contributed by atoms with E-state index in [4.69, 9.17) is 9.47 Å². The second-order valence-electron chi connectivity index (χ2n) is 3.43. The van der Waals surface area contributed by atoms with Gasteiger partial charge in [0.15, 0.2) is 6.29 Å². The first-order valence-electron chi connectivity index (χ1n) is 4.33. The summed E-state index contributed by atoms with van der Waals surface area (Å²) in [7, 11) is 0. The molecule has 0 aromatic rings. The summed E-state index contributed by atoms with van der Waals surface area (Å²) in [6.45, 7) is 3.49. The third kappa shape index (κ3) is 2.62. The van der Waals surface area contributed by atoms with E-state index in [9.17, 15) is 15.3 Å². The predicted octanol–water partition coefficient (Wildman–Crippen LogP) is -1.15. The van der Waals surface area contributed by atoms with E-state index < -0.39 is 24.6 Å². The molecule has 0 aliphatic carbocycles. The van der Waals surface area contributed by atoms with Crippen molar-refractivity contribution in [1.82, 2.24) is 0 Å². The van der Waals surface area contributed by atoms with Crippen LogP contribution in [0.15, 0.2) is 0 Å². The third-order valence-corrected chi connectivity index (χ3v) is 1.88. The van der Waals surface area contributed by atoms with E-state index in [1.165, 1.54) is 0 Å². The quantitative estimate of drug-likeness (QED) is 0.515. The second-order valence-corrected chi connectivity index (χ2v) is 3.43. The van der Waals surface area contributed by atoms with Crippen molar-refractivity contribution in [3.05, 3.63) is 0 Å². The Morgan fingerprint density at radius 1 is 1.31 bits per heavy atom. The maximum Gasteiger partial charge on any atom is 0.183 e. The molecule has 5 heteroatoms. The topological polar surface area (TPSA) is 79.2 Å². The molecule has 1 aliphatic rings. The zero-order chi connectivity index (χ0) is 10.0. The number of hydrogen-bond acceptors (Lipinski definition) is 5. The van der Waals surface area contributed by atoms with Crippen LogP contribution in [0.1, 0.15) is 13.8 Å². The highest BCUT2D eigenvalue weighted by atomic mass is 16.6. The van der Waals surface area contributed by atoms with Gasteiger partial charge in [-0.05, 0) is 13.8 Å². The van der Waals surface area contributed by atoms with Crippen LogP contribution < -0.4 is 0 Å². The monoisotopic (exact) mass is 192 g/mol. The van der Waals surface area contributed by atoms with Crippen molar-refractivity contribution in [3.8, 4) is 0 Å². The molecule has 1 fully saturated rings. The number of hydrogen-bond donors (Lipinski definition) is 3. The standard InChI is InChI=1S/C8H16O5/c1-4(2)13-7-6(10)5(9)3-12-8(7)11/h4-11H,3H2,1-2H3. The number of aliphatic hydroxyl groups is 3. The van der Waals surface area contributed by atoms with E-state index in [2.05, 4.69) is 0 Å². The second kappa shape index (κ2) is 4.34. The highest BCUT2D eigenvalue weighted by Crippen LogP contribution is 2.18. The molecule has 78 valence electrons. The fourth-order valence-electron chi connectivity index (χ4n) is 1.24. The summed E-state index contributed by atoms with van der Waals surface area (Å²) in [6, 6.07) is 0. The van der Waals surface area contributed by atoms with Crippen molar-refractivity contribution in [2.75, 3.05) is 6.61 Å². The molecule has 4 atom stereocenters. The summed E-state index contributed by atoms with van der Waals surface area (Å²) in [4.78, 5) is 0. The molecule has 1 rings (SSSR count). The highest BCUT2D eigenvalue weighted by molar-refractivity contribution is 4.83. The van der Waals surface area contributed by atoms with Gasteiger partial charge in [-0.25, -0.2) is 0 Å². The van der Waals surface area contributed by atoms with Gasteiger partial charge >= 0.3 is 0 Å². The summed E-state index contributed by atoms with van der Waals surface area (Å²) >= 11 is 0. The Bertz CT molecular complexity index is 161. The molecule has 0 bridgehead atoms. The van der Waals surface area contributed by atoms with E-state index in [0.717, 1.165) is 0 Å². The Labute approximate surface area is 76.9 Å². The molecular weight excluding hydrogens is 176 g/mol. The first kappa shape index (κ1) is 10.9. The summed E-state index contributed by atoms with van der Waals surface area (Å²) in [5.74, 6) is 0. The molecule has 4 unspecified atom stereocenters. The summed E-state index contributed by atoms with van der Waals surface area (Å²) < 4.78 is 10.00. The molecule has 0 radical (unpaired) electrons. The molecule has 1 aliphatic heterocycles. The zero-order valence-electron chi connectivity index (χ0n) is 7.75. The van der Waals surface area contributed by atoms with Crippen molar-refractivity contribution in [1.29, 1.82) is 0 Å². The van der Waals surface area contributed by atoms with Gasteiger partial charge in [0.2, 0.25) is 0 Å². The van der Waals surface area contributed by atoms with Crippen LogP contribution in [0, 0.1) is 0 Å². The molecule has 5 nitrogen and oxygen atoms in total. The van der Waals surface area contributed by atoms with Crippen LogP contribution in [0.2, 0.25) is 0 Å². The SMILES string of the molecule is CC(C)OC1C(O)OCC(O)C1O. The summed E-state index contributed by atoms with van der Waals surface area (Å²) in [5, 5.41) is 27.9. The van der Waals surface area contributed by atoms with Crippen molar-refractivity contribution in [3.63, 3.8) is 0 Å². The van der Waals surface area contributed by atoms with Crippen LogP contribution in [-0.4, -0.2) is 52.6 Å². The van der Waals surface area contributed by atoms with Crippen LogP contribution in [0.4, 0.5) is 0 Å². The first-order chi connectivity index (χ1) is 6.02. The van der Waals surface area contributed by atoms with Gasteiger partial charge in [-0.1, -0.05) is 0 Å². The maximum absolute atomic E-state index is 9.44. The number of rotatable bonds is 2. The third-order valence-electron chi connectivity index (χ3n) is 1.88. The maximum atomic E-state index is 9.44. The molecule has 1 saturated heterocycles. The van der Waals surface area contributed by atoms with Gasteiger partial charge in [-0.15, -0.1) is 0 Å². The smallest absolute Gasteiger partial charge is 0.183 e. The van der Waals surface area contributed by atoms with Crippen LogP contribution in [0.5, 0.6) is 0 Å². The molecule has 13 heavy (non-hydrogen) atoms. The number of aliphatic hydroxyl groups excluding tert-OH is 3. The normalized spacial score (nSPS) is 41.1. The molecule has 0 spiro atoms. The van der Waals surface area contributed by atoms with E-state index in [0.29, 0.717) is 0 Å². The number of ether oxygens (including phenoxy) is 2. The molecule has 0 saturated carbocycles. The minimum atomic E-state index is -1.17. The van der Waals surface area contributed by atoms with Gasteiger partial charge < -0.3 is 24.8 Å². The van der Waals surface area contributed by atoms with Crippen molar-refractivity contribution in [2.24, 2.45) is 0 Å². The van der Waals surface area contributed by atoms with E-state index in [-0.39, 0.29) is 12.7 Å². The van der Waals surface area contributed by atoms with Crippen molar-refractivity contribution >= 4 is 0 Å². The Hall–Kier alpha value is -0.200. The molecule has 0 aromatic heterocycles. The van der Waals surface area contributed by atoms with Gasteiger partial charge in [0.05, 0.1) is 12.7 Å². The lowest BCUT2D eigenvalue weighted by molar-refractivity contribution is -0.271. The summed E-state index contributed by atoms with van der Waals surface area (Å²) in [5.41, 5.74) is 0. The molecule has 0 aromatic carbocycles. The molecular formula is C8H16O5. The summed E-state index contributed by atoms with van der Waals surface area (Å²) in [6.07, 6.45) is -4.26. The average molecular weight is 192 g/mol. The largest absolute Gasteiger partial charge is 0.388 e. The fourth-order valence-corrected chi connectivity index (χ4v) is 1.24. The van der Waals surface area contributed by atoms with Crippen LogP contribution in [0.25, 0.3) is 0 Å². The van der Waals surface area contributed by atoms with Crippen LogP contribution in [-0.2, 0) is 9.47 Å². The highest BCUT2D eigenvalue weighted by Gasteiger charge is 2.39. The van der Waals surface area contributed by atoms with Gasteiger partial charge in [-0.2, -0.15) is 0 Å². The lowest BCUT2D eigenvalue weighted by atomic mass is 10.1. The van der Waals surface area contributed by atoms with Gasteiger partial charge in [0, 0.05) is 0 Å². The fraction of sp³-hybridized carbons (Fsp3) is 1.00. The first-order valence-corrected chi connectivity index (χ1v) is 4.33. The van der Waals surface area contributed by atoms with Gasteiger partial charge in [0.1, 0.15) is 18.3 Å². The minimum Gasteiger partial charge on any atom is -0.388 e. The van der Waals surface area contributed by atoms with Crippen LogP contribution in [0.3, 0.4) is 0 Å². The van der Waals surface area contributed by atoms with Crippen molar-refractivity contribution in [2.45, 2.75) is 44.6 Å². The Morgan fingerprint density at radius 2 is 1.92 bits per heavy atom. The lowest BCUT2D eigenvalue weighted by Crippen LogP contribution is -2.54. The Morgan fingerprint density at radius 3 is 2.46 bits per heavy atom. The van der Waals surface area contributed by atoms with E-state index >= 15 is 0 Å². The van der Waals surface area contributed by atoms with Crippen LogP contribution >= 0.6 is 0 Å². The lowest BCUT2D eigenvalue weighted by Gasteiger charge is -2.36. The minimum absolute atomic E-state index is 0.0692. The zero-order valence-corrected chi connectivity index (χ0v) is 7.75. The van der Waals surface area contributed by atoms with E-state index in [1.54, 1.807) is 13.8 Å². The Kier molecular flexibility index (Phi) is 3.63. The van der Waals surface area contributed by atoms with Gasteiger partial charge in [-0.3, -0.25) is 0 Å². The van der Waals surface area contributed by atoms with Crippen molar-refractivity contribution < 1.29 is 24.8 Å². The predicted molar refractivity (Wildman–Crippen MR) is 44.0 cm³/mol. The van der Waals surface area contributed by atoms with Gasteiger partial charge in [0.25, 0.3) is 0 Å². The molecule has 3 N–H and O–H groups in total. The average Bonchev–Trinajstić information content (AvgIpc) is 2.05.